The van der Waals surface area contributed by atoms with Gasteiger partial charge in [-0.05, 0) is 64.1 Å². The van der Waals surface area contributed by atoms with Crippen molar-refractivity contribution in [3.05, 3.63) is 94.0 Å². The van der Waals surface area contributed by atoms with Crippen LogP contribution >= 0.6 is 0 Å². The molecule has 6 rings (SSSR count). The third-order valence-electron chi connectivity index (χ3n) is 6.48. The SMILES string of the molecule is c1ccc2c(c1)CN(c1ccc3c(c1)CN(c1ccc4c(c1)COC4)CC3)C2. The zero-order valence-corrected chi connectivity index (χ0v) is 16.0. The molecule has 0 bridgehead atoms. The molecule has 0 unspecified atom stereocenters. The average molecular weight is 368 g/mol. The number of anilines is 2. The normalized spacial score (nSPS) is 17.4. The topological polar surface area (TPSA) is 15.7 Å². The molecule has 0 fully saturated rings. The van der Waals surface area contributed by atoms with Crippen molar-refractivity contribution in [1.82, 2.24) is 0 Å². The van der Waals surface area contributed by atoms with Gasteiger partial charge in [0.25, 0.3) is 0 Å². The van der Waals surface area contributed by atoms with E-state index in [4.69, 9.17) is 4.74 Å². The second kappa shape index (κ2) is 6.39. The van der Waals surface area contributed by atoms with E-state index in [1.54, 1.807) is 0 Å². The molecule has 0 aromatic heterocycles. The first-order chi connectivity index (χ1) is 13.8. The van der Waals surface area contributed by atoms with E-state index < -0.39 is 0 Å². The van der Waals surface area contributed by atoms with Crippen LogP contribution in [0.5, 0.6) is 0 Å². The van der Waals surface area contributed by atoms with E-state index >= 15 is 0 Å². The van der Waals surface area contributed by atoms with Crippen molar-refractivity contribution < 1.29 is 4.74 Å². The zero-order chi connectivity index (χ0) is 18.5. The van der Waals surface area contributed by atoms with Gasteiger partial charge in [0, 0.05) is 37.6 Å². The van der Waals surface area contributed by atoms with Gasteiger partial charge in [-0.25, -0.2) is 0 Å². The Morgan fingerprint density at radius 2 is 1.21 bits per heavy atom. The average Bonchev–Trinajstić information content (AvgIpc) is 3.39. The van der Waals surface area contributed by atoms with Gasteiger partial charge >= 0.3 is 0 Å². The van der Waals surface area contributed by atoms with Crippen LogP contribution in [0.25, 0.3) is 0 Å². The molecule has 0 spiro atoms. The lowest BCUT2D eigenvalue weighted by molar-refractivity contribution is 0.134. The summed E-state index contributed by atoms with van der Waals surface area (Å²) >= 11 is 0. The third kappa shape index (κ3) is 2.70. The molecule has 3 aliphatic heterocycles. The molecule has 3 heterocycles. The lowest BCUT2D eigenvalue weighted by atomic mass is 9.97. The maximum atomic E-state index is 5.59. The first kappa shape index (κ1) is 16.2. The molecule has 0 atom stereocenters. The van der Waals surface area contributed by atoms with E-state index in [2.05, 4.69) is 70.5 Å². The third-order valence-corrected chi connectivity index (χ3v) is 6.48. The standard InChI is InChI=1S/C25H24N2O/c1-2-4-20-14-27(13-19(20)3-1)25-7-5-18-9-10-26(15-22(18)11-25)24-8-6-21-16-28-17-23(21)12-24/h1-8,11-12H,9-10,13-17H2. The Kier molecular flexibility index (Phi) is 3.69. The van der Waals surface area contributed by atoms with Crippen LogP contribution in [-0.4, -0.2) is 6.54 Å². The number of fused-ring (bicyclic) bond motifs is 3. The van der Waals surface area contributed by atoms with Gasteiger partial charge in [0.05, 0.1) is 13.2 Å². The molecule has 0 saturated carbocycles. The van der Waals surface area contributed by atoms with Crippen LogP contribution in [0, 0.1) is 0 Å². The molecule has 3 aromatic rings. The maximum absolute atomic E-state index is 5.59. The summed E-state index contributed by atoms with van der Waals surface area (Å²) in [6.45, 7) is 5.63. The second-order valence-corrected chi connectivity index (χ2v) is 8.20. The monoisotopic (exact) mass is 368 g/mol. The number of hydrogen-bond acceptors (Lipinski definition) is 3. The summed E-state index contributed by atoms with van der Waals surface area (Å²) in [5, 5.41) is 0. The molecule has 3 heteroatoms. The zero-order valence-electron chi connectivity index (χ0n) is 16.0. The second-order valence-electron chi connectivity index (χ2n) is 8.20. The minimum Gasteiger partial charge on any atom is -0.372 e. The van der Waals surface area contributed by atoms with E-state index in [-0.39, 0.29) is 0 Å². The van der Waals surface area contributed by atoms with E-state index in [1.807, 2.05) is 0 Å². The van der Waals surface area contributed by atoms with E-state index in [9.17, 15) is 0 Å². The summed E-state index contributed by atoms with van der Waals surface area (Å²) in [7, 11) is 0. The van der Waals surface area contributed by atoms with Crippen LogP contribution in [0.15, 0.2) is 60.7 Å². The highest BCUT2D eigenvalue weighted by molar-refractivity contribution is 5.58. The summed E-state index contributed by atoms with van der Waals surface area (Å²) in [5.74, 6) is 0. The van der Waals surface area contributed by atoms with Crippen molar-refractivity contribution in [2.24, 2.45) is 0 Å². The van der Waals surface area contributed by atoms with Gasteiger partial charge < -0.3 is 14.5 Å². The summed E-state index contributed by atoms with van der Waals surface area (Å²) in [4.78, 5) is 5.01. The first-order valence-electron chi connectivity index (χ1n) is 10.2. The fourth-order valence-electron chi connectivity index (χ4n) is 4.83. The Morgan fingerprint density at radius 3 is 2.04 bits per heavy atom. The molecule has 0 aliphatic carbocycles. The van der Waals surface area contributed by atoms with Crippen molar-refractivity contribution >= 4 is 11.4 Å². The van der Waals surface area contributed by atoms with Gasteiger partial charge in [0.1, 0.15) is 0 Å². The minimum atomic E-state index is 0.757. The molecule has 140 valence electrons. The van der Waals surface area contributed by atoms with Crippen LogP contribution in [0.4, 0.5) is 11.4 Å². The number of rotatable bonds is 2. The van der Waals surface area contributed by atoms with Crippen LogP contribution in [-0.2, 0) is 44.0 Å². The molecule has 0 amide bonds. The van der Waals surface area contributed by atoms with Gasteiger partial charge in [0.15, 0.2) is 0 Å². The summed E-state index contributed by atoms with van der Waals surface area (Å²) in [6.07, 6.45) is 1.11. The first-order valence-corrected chi connectivity index (χ1v) is 10.2. The molecule has 0 saturated heterocycles. The number of ether oxygens (including phenoxy) is 1. The maximum Gasteiger partial charge on any atom is 0.0725 e. The Labute approximate surface area is 166 Å². The van der Waals surface area contributed by atoms with Gasteiger partial charge in [-0.2, -0.15) is 0 Å². The Hall–Kier alpha value is -2.78. The molecule has 28 heavy (non-hydrogen) atoms. The summed E-state index contributed by atoms with van der Waals surface area (Å²) < 4.78 is 5.59. The number of nitrogens with zero attached hydrogens (tertiary/aromatic N) is 2. The van der Waals surface area contributed by atoms with E-state index in [1.165, 1.54) is 44.8 Å². The van der Waals surface area contributed by atoms with E-state index in [0.717, 1.165) is 45.8 Å². The molecule has 3 nitrogen and oxygen atoms in total. The van der Waals surface area contributed by atoms with Gasteiger partial charge in [-0.1, -0.05) is 36.4 Å². The lowest BCUT2D eigenvalue weighted by Gasteiger charge is -2.32. The van der Waals surface area contributed by atoms with Crippen molar-refractivity contribution in [3.63, 3.8) is 0 Å². The van der Waals surface area contributed by atoms with Gasteiger partial charge in [0.2, 0.25) is 0 Å². The highest BCUT2D eigenvalue weighted by Crippen LogP contribution is 2.33. The number of hydrogen-bond donors (Lipinski definition) is 0. The van der Waals surface area contributed by atoms with Gasteiger partial charge in [-0.3, -0.25) is 0 Å². The predicted octanol–water partition coefficient (Wildman–Crippen LogP) is 4.80. The van der Waals surface area contributed by atoms with Crippen LogP contribution < -0.4 is 9.80 Å². The van der Waals surface area contributed by atoms with Gasteiger partial charge in [-0.15, -0.1) is 0 Å². The quantitative estimate of drug-likeness (QED) is 0.646. The highest BCUT2D eigenvalue weighted by atomic mass is 16.5. The molecule has 0 radical (unpaired) electrons. The Bertz CT molecular complexity index is 1030. The highest BCUT2D eigenvalue weighted by Gasteiger charge is 2.22. The fraction of sp³-hybridized carbons (Fsp3) is 0.280. The molecular formula is C25H24N2O. The van der Waals surface area contributed by atoms with E-state index in [0.29, 0.717) is 0 Å². The van der Waals surface area contributed by atoms with Crippen LogP contribution in [0.2, 0.25) is 0 Å². The fourth-order valence-corrected chi connectivity index (χ4v) is 4.83. The molecule has 0 N–H and O–H groups in total. The summed E-state index contributed by atoms with van der Waals surface area (Å²) in [5.41, 5.74) is 11.3. The van der Waals surface area contributed by atoms with Crippen molar-refractivity contribution in [1.29, 1.82) is 0 Å². The van der Waals surface area contributed by atoms with Crippen molar-refractivity contribution in [3.8, 4) is 0 Å². The number of benzene rings is 3. The Morgan fingerprint density at radius 1 is 0.571 bits per heavy atom. The predicted molar refractivity (Wildman–Crippen MR) is 112 cm³/mol. The van der Waals surface area contributed by atoms with Crippen molar-refractivity contribution in [2.45, 2.75) is 39.3 Å². The largest absolute Gasteiger partial charge is 0.372 e. The van der Waals surface area contributed by atoms with Crippen molar-refractivity contribution in [2.75, 3.05) is 16.3 Å². The molecule has 3 aromatic carbocycles. The lowest BCUT2D eigenvalue weighted by Crippen LogP contribution is -2.30. The molecule has 3 aliphatic rings. The molecular weight excluding hydrogens is 344 g/mol. The van der Waals surface area contributed by atoms with Crippen LogP contribution in [0.3, 0.4) is 0 Å². The summed E-state index contributed by atoms with van der Waals surface area (Å²) in [6, 6.07) is 22.7. The Balaban J connectivity index is 1.26. The smallest absolute Gasteiger partial charge is 0.0725 e. The van der Waals surface area contributed by atoms with Crippen LogP contribution in [0.1, 0.15) is 33.4 Å². The minimum absolute atomic E-state index is 0.757.